The van der Waals surface area contributed by atoms with E-state index in [1.807, 2.05) is 16.7 Å². The molecule has 2 aromatic rings. The molecule has 1 aliphatic heterocycles. The zero-order valence-corrected chi connectivity index (χ0v) is 19.0. The second-order valence-corrected chi connectivity index (χ2v) is 9.41. The molecule has 4 amide bonds. The number of hydrogen-bond donors (Lipinski definition) is 3. The van der Waals surface area contributed by atoms with E-state index >= 15 is 0 Å². The molecular weight excluding hydrogens is 452 g/mol. The Labute approximate surface area is 195 Å². The lowest BCUT2D eigenvalue weighted by Gasteiger charge is -2.23. The number of aromatic nitrogens is 3. The molecule has 2 heterocycles. The number of nitrogens with zero attached hydrogens (tertiary/aromatic N) is 3. The van der Waals surface area contributed by atoms with Gasteiger partial charge in [0.15, 0.2) is 5.16 Å². The zero-order chi connectivity index (χ0) is 22.5. The van der Waals surface area contributed by atoms with Crippen LogP contribution in [0.4, 0.5) is 4.79 Å². The third kappa shape index (κ3) is 5.80. The number of rotatable bonds is 7. The first kappa shape index (κ1) is 22.6. The standard InChI is InChI=1S/C21H25ClN6O3S/c22-13-6-8-16(9-7-13)28-17(10-15-11-18(29)25-20(31)24-15)26-27-21(28)32-12-19(30)23-14-4-2-1-3-5-14/h6-9,14-15H,1-5,10-12H2,(H,23,30)(H2,24,25,29,31). The van der Waals surface area contributed by atoms with Gasteiger partial charge in [-0.05, 0) is 37.1 Å². The zero-order valence-electron chi connectivity index (χ0n) is 17.5. The summed E-state index contributed by atoms with van der Waals surface area (Å²) in [5.41, 5.74) is 0.788. The molecule has 0 bridgehead atoms. The van der Waals surface area contributed by atoms with Crippen LogP contribution in [0.2, 0.25) is 5.02 Å². The first-order chi connectivity index (χ1) is 15.5. The van der Waals surface area contributed by atoms with Crippen molar-refractivity contribution < 1.29 is 14.4 Å². The molecular formula is C21H25ClN6O3S. The molecule has 170 valence electrons. The van der Waals surface area contributed by atoms with Crippen molar-refractivity contribution in [3.63, 3.8) is 0 Å². The fourth-order valence-corrected chi connectivity index (χ4v) is 4.95. The molecule has 4 rings (SSSR count). The molecule has 2 aliphatic rings. The molecule has 1 saturated carbocycles. The van der Waals surface area contributed by atoms with Crippen LogP contribution >= 0.6 is 23.4 Å². The van der Waals surface area contributed by atoms with Gasteiger partial charge in [0.2, 0.25) is 11.8 Å². The van der Waals surface area contributed by atoms with Gasteiger partial charge in [-0.1, -0.05) is 42.6 Å². The van der Waals surface area contributed by atoms with Crippen LogP contribution in [-0.4, -0.2) is 50.4 Å². The van der Waals surface area contributed by atoms with Gasteiger partial charge in [0.1, 0.15) is 5.82 Å². The summed E-state index contributed by atoms with van der Waals surface area (Å²) in [5.74, 6) is 0.461. The fourth-order valence-electron chi connectivity index (χ4n) is 4.04. The molecule has 0 radical (unpaired) electrons. The van der Waals surface area contributed by atoms with Crippen LogP contribution in [-0.2, 0) is 16.0 Å². The van der Waals surface area contributed by atoms with Crippen molar-refractivity contribution in [1.29, 1.82) is 0 Å². The summed E-state index contributed by atoms with van der Waals surface area (Å²) >= 11 is 7.35. The van der Waals surface area contributed by atoms with Crippen molar-refractivity contribution in [2.75, 3.05) is 5.75 Å². The van der Waals surface area contributed by atoms with E-state index in [1.54, 1.807) is 12.1 Å². The van der Waals surface area contributed by atoms with E-state index in [0.717, 1.165) is 31.4 Å². The monoisotopic (exact) mass is 476 g/mol. The highest BCUT2D eigenvalue weighted by Gasteiger charge is 2.27. The average Bonchev–Trinajstić information content (AvgIpc) is 3.15. The first-order valence-corrected chi connectivity index (χ1v) is 12.1. The smallest absolute Gasteiger partial charge is 0.321 e. The van der Waals surface area contributed by atoms with Gasteiger partial charge >= 0.3 is 6.03 Å². The van der Waals surface area contributed by atoms with E-state index in [0.29, 0.717) is 22.4 Å². The van der Waals surface area contributed by atoms with Crippen molar-refractivity contribution in [1.82, 2.24) is 30.7 Å². The number of carbonyl (C=O) groups excluding carboxylic acids is 3. The van der Waals surface area contributed by atoms with Crippen LogP contribution in [0, 0.1) is 0 Å². The molecule has 1 atom stereocenters. The summed E-state index contributed by atoms with van der Waals surface area (Å²) in [6.07, 6.45) is 6.08. The predicted molar refractivity (Wildman–Crippen MR) is 121 cm³/mol. The molecule has 0 spiro atoms. The minimum Gasteiger partial charge on any atom is -0.353 e. The fraction of sp³-hybridized carbons (Fsp3) is 0.476. The number of urea groups is 1. The molecule has 1 unspecified atom stereocenters. The van der Waals surface area contributed by atoms with E-state index in [2.05, 4.69) is 26.1 Å². The van der Waals surface area contributed by atoms with E-state index < -0.39 is 6.03 Å². The summed E-state index contributed by atoms with van der Waals surface area (Å²) < 4.78 is 1.84. The number of benzene rings is 1. The van der Waals surface area contributed by atoms with Gasteiger partial charge < -0.3 is 10.6 Å². The summed E-state index contributed by atoms with van der Waals surface area (Å²) in [6, 6.07) is 6.56. The Morgan fingerprint density at radius 3 is 2.62 bits per heavy atom. The number of carbonyl (C=O) groups is 3. The Morgan fingerprint density at radius 2 is 1.91 bits per heavy atom. The quantitative estimate of drug-likeness (QED) is 0.528. The summed E-state index contributed by atoms with van der Waals surface area (Å²) in [4.78, 5) is 35.9. The van der Waals surface area contributed by atoms with Crippen molar-refractivity contribution in [2.45, 2.75) is 62.2 Å². The summed E-state index contributed by atoms with van der Waals surface area (Å²) in [6.45, 7) is 0. The van der Waals surface area contributed by atoms with Crippen LogP contribution in [0.1, 0.15) is 44.3 Å². The largest absolute Gasteiger partial charge is 0.353 e. The SMILES string of the molecule is O=C1CC(Cc2nnc(SCC(=O)NC3CCCCC3)n2-c2ccc(Cl)cc2)NC(=O)N1. The van der Waals surface area contributed by atoms with Crippen LogP contribution < -0.4 is 16.0 Å². The molecule has 1 saturated heterocycles. The minimum atomic E-state index is -0.516. The van der Waals surface area contributed by atoms with Gasteiger partial charge in [-0.15, -0.1) is 10.2 Å². The lowest BCUT2D eigenvalue weighted by atomic mass is 9.95. The molecule has 32 heavy (non-hydrogen) atoms. The van der Waals surface area contributed by atoms with Gasteiger partial charge in [-0.2, -0.15) is 0 Å². The molecule has 11 heteroatoms. The van der Waals surface area contributed by atoms with Gasteiger partial charge in [0.25, 0.3) is 0 Å². The lowest BCUT2D eigenvalue weighted by molar-refractivity contribution is -0.121. The third-order valence-corrected chi connectivity index (χ3v) is 6.72. The minimum absolute atomic E-state index is 0.0229. The Balaban J connectivity index is 1.49. The maximum absolute atomic E-state index is 12.5. The van der Waals surface area contributed by atoms with Crippen molar-refractivity contribution in [3.8, 4) is 5.69 Å². The van der Waals surface area contributed by atoms with E-state index in [9.17, 15) is 14.4 Å². The number of thioether (sulfide) groups is 1. The maximum atomic E-state index is 12.5. The first-order valence-electron chi connectivity index (χ1n) is 10.7. The maximum Gasteiger partial charge on any atom is 0.321 e. The lowest BCUT2D eigenvalue weighted by Crippen LogP contribution is -2.53. The highest BCUT2D eigenvalue weighted by Crippen LogP contribution is 2.25. The van der Waals surface area contributed by atoms with Crippen molar-refractivity contribution >= 4 is 41.2 Å². The number of imide groups is 1. The molecule has 1 aromatic heterocycles. The van der Waals surface area contributed by atoms with Crippen LogP contribution in [0.25, 0.3) is 5.69 Å². The number of amides is 4. The van der Waals surface area contributed by atoms with Crippen molar-refractivity contribution in [2.24, 2.45) is 0 Å². The second kappa shape index (κ2) is 10.4. The van der Waals surface area contributed by atoms with Gasteiger partial charge in [-0.3, -0.25) is 19.5 Å². The highest BCUT2D eigenvalue weighted by atomic mass is 35.5. The average molecular weight is 477 g/mol. The molecule has 3 N–H and O–H groups in total. The normalized spacial score (nSPS) is 19.3. The van der Waals surface area contributed by atoms with Gasteiger partial charge in [0.05, 0.1) is 5.75 Å². The molecule has 1 aromatic carbocycles. The van der Waals surface area contributed by atoms with E-state index in [-0.39, 0.29) is 36.1 Å². The van der Waals surface area contributed by atoms with Crippen LogP contribution in [0.5, 0.6) is 0 Å². The topological polar surface area (TPSA) is 118 Å². The van der Waals surface area contributed by atoms with E-state index in [4.69, 9.17) is 11.6 Å². The van der Waals surface area contributed by atoms with Gasteiger partial charge in [-0.25, -0.2) is 4.79 Å². The Bertz CT molecular complexity index is 974. The Morgan fingerprint density at radius 1 is 1.16 bits per heavy atom. The predicted octanol–water partition coefficient (Wildman–Crippen LogP) is 2.60. The van der Waals surface area contributed by atoms with Crippen LogP contribution in [0.15, 0.2) is 29.4 Å². The molecule has 2 fully saturated rings. The second-order valence-electron chi connectivity index (χ2n) is 8.03. The van der Waals surface area contributed by atoms with Gasteiger partial charge in [0, 0.05) is 35.6 Å². The number of halogens is 1. The van der Waals surface area contributed by atoms with Crippen molar-refractivity contribution in [3.05, 3.63) is 35.1 Å². The third-order valence-electron chi connectivity index (χ3n) is 5.54. The summed E-state index contributed by atoms with van der Waals surface area (Å²) in [7, 11) is 0. The van der Waals surface area contributed by atoms with Crippen LogP contribution in [0.3, 0.4) is 0 Å². The molecule has 9 nitrogen and oxygen atoms in total. The number of hydrogen-bond acceptors (Lipinski definition) is 6. The Kier molecular flexibility index (Phi) is 7.31. The number of nitrogens with one attached hydrogen (secondary N) is 3. The van der Waals surface area contributed by atoms with E-state index in [1.165, 1.54) is 18.2 Å². The summed E-state index contributed by atoms with van der Waals surface area (Å²) in [5, 5.41) is 17.8. The highest BCUT2D eigenvalue weighted by molar-refractivity contribution is 7.99. The molecule has 1 aliphatic carbocycles. The Hall–Kier alpha value is -2.59.